The molecule has 100 valence electrons. The van der Waals surface area contributed by atoms with E-state index in [4.69, 9.17) is 10.5 Å². The number of rotatable bonds is 4. The van der Waals surface area contributed by atoms with Gasteiger partial charge in [-0.1, -0.05) is 12.1 Å². The number of nitrogens with two attached hydrogens (primary N) is 1. The summed E-state index contributed by atoms with van der Waals surface area (Å²) in [6.07, 6.45) is 0.439. The fourth-order valence-electron chi connectivity index (χ4n) is 1.58. The molecule has 0 aliphatic rings. The van der Waals surface area contributed by atoms with Gasteiger partial charge in [0.1, 0.15) is 17.4 Å². The monoisotopic (exact) mass is 251 g/mol. The molecule has 4 heteroatoms. The maximum Gasteiger partial charge on any atom is 0.322 e. The maximum atomic E-state index is 11.3. The number of carbonyl (C=O) groups is 1. The van der Waals surface area contributed by atoms with Crippen LogP contribution in [0.1, 0.15) is 26.3 Å². The van der Waals surface area contributed by atoms with Gasteiger partial charge >= 0.3 is 5.97 Å². The summed E-state index contributed by atoms with van der Waals surface area (Å²) in [5.74, 6) is 0.370. The molecule has 0 aliphatic carbocycles. The topological polar surface area (TPSA) is 61.5 Å². The highest BCUT2D eigenvalue weighted by atomic mass is 16.5. The van der Waals surface area contributed by atoms with Gasteiger partial charge in [-0.25, -0.2) is 0 Å². The fraction of sp³-hybridized carbons (Fsp3) is 0.500. The van der Waals surface area contributed by atoms with E-state index < -0.39 is 12.0 Å². The first kappa shape index (κ1) is 14.5. The molecule has 18 heavy (non-hydrogen) atoms. The maximum absolute atomic E-state index is 11.3. The SMILES string of the molecule is COC(=O)C(N)Cc1cccc(OC(C)(C)C)c1. The summed E-state index contributed by atoms with van der Waals surface area (Å²) in [6, 6.07) is 6.95. The number of carbonyl (C=O) groups excluding carboxylic acids is 1. The van der Waals surface area contributed by atoms with E-state index in [1.165, 1.54) is 7.11 Å². The zero-order chi connectivity index (χ0) is 13.8. The van der Waals surface area contributed by atoms with Crippen LogP contribution in [-0.2, 0) is 16.0 Å². The number of methoxy groups -OCH3 is 1. The first-order valence-corrected chi connectivity index (χ1v) is 5.93. The molecule has 0 spiro atoms. The van der Waals surface area contributed by atoms with Gasteiger partial charge < -0.3 is 15.2 Å². The molecule has 1 rings (SSSR count). The van der Waals surface area contributed by atoms with Gasteiger partial charge in [-0.15, -0.1) is 0 Å². The van der Waals surface area contributed by atoms with E-state index in [9.17, 15) is 4.79 Å². The Morgan fingerprint density at radius 3 is 2.61 bits per heavy atom. The lowest BCUT2D eigenvalue weighted by Crippen LogP contribution is -2.33. The van der Waals surface area contributed by atoms with Crippen LogP contribution in [0.4, 0.5) is 0 Å². The molecule has 0 radical (unpaired) electrons. The second-order valence-corrected chi connectivity index (χ2v) is 5.20. The van der Waals surface area contributed by atoms with Crippen molar-refractivity contribution in [2.45, 2.75) is 38.8 Å². The van der Waals surface area contributed by atoms with Crippen LogP contribution in [0.5, 0.6) is 5.75 Å². The first-order chi connectivity index (χ1) is 8.31. The average molecular weight is 251 g/mol. The predicted molar refractivity (Wildman–Crippen MR) is 70.5 cm³/mol. The van der Waals surface area contributed by atoms with Crippen LogP contribution < -0.4 is 10.5 Å². The summed E-state index contributed by atoms with van der Waals surface area (Å²) in [5, 5.41) is 0. The summed E-state index contributed by atoms with van der Waals surface area (Å²) in [6.45, 7) is 5.96. The molecule has 0 saturated heterocycles. The van der Waals surface area contributed by atoms with Gasteiger partial charge in [-0.05, 0) is 44.9 Å². The Labute approximate surface area is 108 Å². The summed E-state index contributed by atoms with van der Waals surface area (Å²) < 4.78 is 10.4. The molecular weight excluding hydrogens is 230 g/mol. The van der Waals surface area contributed by atoms with E-state index in [1.807, 2.05) is 45.0 Å². The molecule has 1 aromatic carbocycles. The van der Waals surface area contributed by atoms with Crippen LogP contribution in [0.2, 0.25) is 0 Å². The first-order valence-electron chi connectivity index (χ1n) is 5.93. The van der Waals surface area contributed by atoms with Crippen molar-refractivity contribution in [1.82, 2.24) is 0 Å². The minimum atomic E-state index is -0.639. The third-order valence-corrected chi connectivity index (χ3v) is 2.28. The quantitative estimate of drug-likeness (QED) is 0.830. The number of hydrogen-bond acceptors (Lipinski definition) is 4. The minimum Gasteiger partial charge on any atom is -0.488 e. The van der Waals surface area contributed by atoms with Crippen molar-refractivity contribution in [3.8, 4) is 5.75 Å². The summed E-state index contributed by atoms with van der Waals surface area (Å²) in [7, 11) is 1.33. The second kappa shape index (κ2) is 5.87. The van der Waals surface area contributed by atoms with Gasteiger partial charge in [0.2, 0.25) is 0 Å². The third-order valence-electron chi connectivity index (χ3n) is 2.28. The molecular formula is C14H21NO3. The van der Waals surface area contributed by atoms with Crippen LogP contribution in [0.25, 0.3) is 0 Å². The highest BCUT2D eigenvalue weighted by molar-refractivity contribution is 5.75. The highest BCUT2D eigenvalue weighted by Gasteiger charge is 2.16. The number of benzene rings is 1. The van der Waals surface area contributed by atoms with Crippen molar-refractivity contribution in [3.05, 3.63) is 29.8 Å². The Kier molecular flexibility index (Phi) is 4.73. The van der Waals surface area contributed by atoms with E-state index >= 15 is 0 Å². The van der Waals surface area contributed by atoms with Crippen molar-refractivity contribution in [1.29, 1.82) is 0 Å². The van der Waals surface area contributed by atoms with E-state index in [-0.39, 0.29) is 5.60 Å². The number of hydrogen-bond donors (Lipinski definition) is 1. The van der Waals surface area contributed by atoms with Crippen molar-refractivity contribution in [2.24, 2.45) is 5.73 Å². The Bertz CT molecular complexity index is 410. The van der Waals surface area contributed by atoms with Gasteiger partial charge in [0.25, 0.3) is 0 Å². The molecule has 0 bridgehead atoms. The zero-order valence-corrected chi connectivity index (χ0v) is 11.4. The van der Waals surface area contributed by atoms with Crippen LogP contribution in [0.3, 0.4) is 0 Å². The molecule has 0 heterocycles. The molecule has 4 nitrogen and oxygen atoms in total. The molecule has 0 saturated carbocycles. The summed E-state index contributed by atoms with van der Waals surface area (Å²) in [4.78, 5) is 11.3. The highest BCUT2D eigenvalue weighted by Crippen LogP contribution is 2.19. The molecule has 0 fully saturated rings. The Balaban J connectivity index is 2.73. The van der Waals surface area contributed by atoms with Gasteiger partial charge in [-0.3, -0.25) is 4.79 Å². The summed E-state index contributed by atoms with van der Waals surface area (Å²) in [5.41, 5.74) is 6.43. The molecule has 2 N–H and O–H groups in total. The Morgan fingerprint density at radius 1 is 1.39 bits per heavy atom. The van der Waals surface area contributed by atoms with E-state index in [0.29, 0.717) is 6.42 Å². The molecule has 1 atom stereocenters. The lowest BCUT2D eigenvalue weighted by molar-refractivity contribution is -0.142. The Morgan fingerprint density at radius 2 is 2.06 bits per heavy atom. The second-order valence-electron chi connectivity index (χ2n) is 5.20. The van der Waals surface area contributed by atoms with Crippen LogP contribution in [0, 0.1) is 0 Å². The van der Waals surface area contributed by atoms with Crippen LogP contribution in [0.15, 0.2) is 24.3 Å². The predicted octanol–water partition coefficient (Wildman–Crippen LogP) is 1.91. The van der Waals surface area contributed by atoms with E-state index in [2.05, 4.69) is 4.74 Å². The fourth-order valence-corrected chi connectivity index (χ4v) is 1.58. The lowest BCUT2D eigenvalue weighted by atomic mass is 10.1. The van der Waals surface area contributed by atoms with E-state index in [1.54, 1.807) is 0 Å². The summed E-state index contributed by atoms with van der Waals surface area (Å²) >= 11 is 0. The molecule has 1 unspecified atom stereocenters. The normalized spacial score (nSPS) is 12.9. The average Bonchev–Trinajstić information content (AvgIpc) is 2.26. The van der Waals surface area contributed by atoms with E-state index in [0.717, 1.165) is 11.3 Å². The smallest absolute Gasteiger partial charge is 0.322 e. The van der Waals surface area contributed by atoms with Gasteiger partial charge in [0.05, 0.1) is 7.11 Å². The van der Waals surface area contributed by atoms with Crippen LogP contribution >= 0.6 is 0 Å². The molecule has 0 aromatic heterocycles. The standard InChI is InChI=1S/C14H21NO3/c1-14(2,3)18-11-7-5-6-10(8-11)9-12(15)13(16)17-4/h5-8,12H,9,15H2,1-4H3. The van der Waals surface area contributed by atoms with Gasteiger partial charge in [-0.2, -0.15) is 0 Å². The van der Waals surface area contributed by atoms with Gasteiger partial charge in [0.15, 0.2) is 0 Å². The van der Waals surface area contributed by atoms with Crippen molar-refractivity contribution in [2.75, 3.05) is 7.11 Å². The third kappa shape index (κ3) is 4.75. The minimum absolute atomic E-state index is 0.247. The lowest BCUT2D eigenvalue weighted by Gasteiger charge is -2.21. The Hall–Kier alpha value is -1.55. The molecule has 1 aromatic rings. The van der Waals surface area contributed by atoms with Crippen LogP contribution in [-0.4, -0.2) is 24.7 Å². The molecule has 0 aliphatic heterocycles. The van der Waals surface area contributed by atoms with Crippen molar-refractivity contribution >= 4 is 5.97 Å². The van der Waals surface area contributed by atoms with Gasteiger partial charge in [0, 0.05) is 0 Å². The zero-order valence-electron chi connectivity index (χ0n) is 11.4. The number of ether oxygens (including phenoxy) is 2. The largest absolute Gasteiger partial charge is 0.488 e. The van der Waals surface area contributed by atoms with Crippen molar-refractivity contribution < 1.29 is 14.3 Å². The number of esters is 1. The van der Waals surface area contributed by atoms with Crippen molar-refractivity contribution in [3.63, 3.8) is 0 Å². The molecule has 0 amide bonds.